The fourth-order valence-electron chi connectivity index (χ4n) is 1.95. The van der Waals surface area contributed by atoms with E-state index in [0.717, 1.165) is 0 Å². The van der Waals surface area contributed by atoms with Gasteiger partial charge < -0.3 is 9.63 Å². The van der Waals surface area contributed by atoms with Crippen molar-refractivity contribution in [2.75, 3.05) is 0 Å². The highest BCUT2D eigenvalue weighted by molar-refractivity contribution is 7.46. The summed E-state index contributed by atoms with van der Waals surface area (Å²) in [4.78, 5) is 18.3. The molecule has 0 atom stereocenters. The highest BCUT2D eigenvalue weighted by Gasteiger charge is 2.31. The molecule has 0 fully saturated rings. The Morgan fingerprint density at radius 1 is 0.950 bits per heavy atom. The van der Waals surface area contributed by atoms with Crippen molar-refractivity contribution in [1.82, 2.24) is 0 Å². The van der Waals surface area contributed by atoms with Crippen LogP contribution >= 0.6 is 7.82 Å². The lowest BCUT2D eigenvalue weighted by Crippen LogP contribution is -2.19. The Morgan fingerprint density at radius 2 is 1.30 bits per heavy atom. The van der Waals surface area contributed by atoms with Gasteiger partial charge in [0.25, 0.3) is 0 Å². The minimum absolute atomic E-state index is 0.0536. The molecule has 0 aliphatic rings. The van der Waals surface area contributed by atoms with Gasteiger partial charge in [0, 0.05) is 11.1 Å². The summed E-state index contributed by atoms with van der Waals surface area (Å²) in [6.45, 7) is 11.3. The van der Waals surface area contributed by atoms with Crippen LogP contribution in [0.3, 0.4) is 0 Å². The fraction of sp³-hybridized carbons (Fsp3) is 0.571. The van der Waals surface area contributed by atoms with Gasteiger partial charge in [-0.2, -0.15) is 0 Å². The van der Waals surface area contributed by atoms with E-state index in [0.29, 0.717) is 11.1 Å². The summed E-state index contributed by atoms with van der Waals surface area (Å²) < 4.78 is 16.2. The van der Waals surface area contributed by atoms with Gasteiger partial charge in [0.2, 0.25) is 0 Å². The monoisotopic (exact) mass is 302 g/mol. The molecular formula is C14H23O5P. The topological polar surface area (TPSA) is 87.0 Å². The summed E-state index contributed by atoms with van der Waals surface area (Å²) in [5.74, 6) is 0.203. The largest absolute Gasteiger partial charge is 0.524 e. The molecule has 0 aromatic heterocycles. The van der Waals surface area contributed by atoms with Crippen molar-refractivity contribution in [1.29, 1.82) is 0 Å². The van der Waals surface area contributed by atoms with Crippen LogP contribution in [0.4, 0.5) is 0 Å². The van der Waals surface area contributed by atoms with E-state index in [2.05, 4.69) is 0 Å². The molecule has 0 unspecified atom stereocenters. The fourth-order valence-corrected chi connectivity index (χ4v) is 2.38. The molecule has 0 aliphatic heterocycles. The van der Waals surface area contributed by atoms with Crippen molar-refractivity contribution in [3.63, 3.8) is 0 Å². The van der Waals surface area contributed by atoms with Crippen molar-refractivity contribution >= 4 is 7.82 Å². The van der Waals surface area contributed by atoms with Crippen LogP contribution < -0.4 is 4.52 Å². The molecule has 20 heavy (non-hydrogen) atoms. The number of phosphoric ester groups is 1. The maximum atomic E-state index is 11.3. The van der Waals surface area contributed by atoms with Gasteiger partial charge in [0.05, 0.1) is 0 Å². The lowest BCUT2D eigenvalue weighted by atomic mass is 9.79. The van der Waals surface area contributed by atoms with Gasteiger partial charge in [0.15, 0.2) is 0 Å². The van der Waals surface area contributed by atoms with E-state index in [4.69, 9.17) is 14.3 Å². The Morgan fingerprint density at radius 3 is 1.55 bits per heavy atom. The van der Waals surface area contributed by atoms with Crippen molar-refractivity contribution in [2.24, 2.45) is 0 Å². The second kappa shape index (κ2) is 5.06. The van der Waals surface area contributed by atoms with Crippen molar-refractivity contribution in [3.05, 3.63) is 23.3 Å². The molecule has 1 rings (SSSR count). The molecule has 0 spiro atoms. The zero-order chi connectivity index (χ0) is 15.9. The molecule has 0 radical (unpaired) electrons. The van der Waals surface area contributed by atoms with E-state index in [1.54, 1.807) is 0 Å². The average Bonchev–Trinajstić information content (AvgIpc) is 2.14. The van der Waals surface area contributed by atoms with Crippen LogP contribution in [-0.4, -0.2) is 14.9 Å². The number of hydrogen-bond acceptors (Lipinski definition) is 3. The number of rotatable bonds is 2. The molecule has 3 N–H and O–H groups in total. The predicted octanol–water partition coefficient (Wildman–Crippen LogP) is 3.46. The third-order valence-electron chi connectivity index (χ3n) is 2.90. The molecule has 1 aromatic rings. The Bertz CT molecular complexity index is 511. The zero-order valence-electron chi connectivity index (χ0n) is 12.8. The van der Waals surface area contributed by atoms with E-state index in [-0.39, 0.29) is 11.5 Å². The molecule has 5 nitrogen and oxygen atoms in total. The summed E-state index contributed by atoms with van der Waals surface area (Å²) in [6.07, 6.45) is 0. The van der Waals surface area contributed by atoms with Crippen LogP contribution in [0, 0.1) is 0 Å². The van der Waals surface area contributed by atoms with Crippen LogP contribution in [0.5, 0.6) is 11.5 Å². The maximum Gasteiger partial charge on any atom is 0.524 e. The van der Waals surface area contributed by atoms with Gasteiger partial charge in [-0.1, -0.05) is 41.5 Å². The first kappa shape index (κ1) is 17.0. The number of phosphoric acid groups is 1. The van der Waals surface area contributed by atoms with Gasteiger partial charge in [-0.15, -0.1) is 0 Å². The lowest BCUT2D eigenvalue weighted by molar-refractivity contribution is 0.278. The molecule has 114 valence electrons. The van der Waals surface area contributed by atoms with Crippen molar-refractivity contribution in [3.8, 4) is 11.5 Å². The van der Waals surface area contributed by atoms with E-state index in [9.17, 15) is 9.67 Å². The van der Waals surface area contributed by atoms with Crippen LogP contribution in [-0.2, 0) is 15.4 Å². The summed E-state index contributed by atoms with van der Waals surface area (Å²) in [7, 11) is -4.68. The molecule has 0 saturated heterocycles. The number of phenols is 1. The van der Waals surface area contributed by atoms with Gasteiger partial charge in [-0.25, -0.2) is 4.57 Å². The summed E-state index contributed by atoms with van der Waals surface area (Å²) >= 11 is 0. The van der Waals surface area contributed by atoms with Gasteiger partial charge in [-0.05, 0) is 23.0 Å². The third-order valence-corrected chi connectivity index (χ3v) is 3.32. The van der Waals surface area contributed by atoms with Crippen LogP contribution in [0.15, 0.2) is 12.1 Å². The number of benzene rings is 1. The second-order valence-corrected chi connectivity index (χ2v) is 8.12. The minimum Gasteiger partial charge on any atom is -0.508 e. The summed E-state index contributed by atoms with van der Waals surface area (Å²) in [5.41, 5.74) is 0.267. The molecule has 6 heteroatoms. The number of aromatic hydroxyl groups is 1. The normalized spacial score (nSPS) is 13.4. The van der Waals surface area contributed by atoms with E-state index in [1.807, 2.05) is 41.5 Å². The lowest BCUT2D eigenvalue weighted by Gasteiger charge is -2.29. The molecule has 0 heterocycles. The number of hydrogen-bond donors (Lipinski definition) is 3. The van der Waals surface area contributed by atoms with Crippen molar-refractivity contribution < 1.29 is 24.0 Å². The third kappa shape index (κ3) is 4.23. The Labute approximate surface area is 119 Å². The first-order valence-corrected chi connectivity index (χ1v) is 7.88. The van der Waals surface area contributed by atoms with Crippen LogP contribution in [0.1, 0.15) is 52.7 Å². The SMILES string of the molecule is CC(C)(C)c1cc(O)cc(C(C)(C)C)c1OP(=O)(O)O. The molecule has 1 aromatic carbocycles. The van der Waals surface area contributed by atoms with Gasteiger partial charge in [-0.3, -0.25) is 9.79 Å². The Hall–Kier alpha value is -1.03. The van der Waals surface area contributed by atoms with Crippen LogP contribution in [0.2, 0.25) is 0 Å². The summed E-state index contributed by atoms with van der Waals surface area (Å²) in [6, 6.07) is 2.97. The molecule has 0 bridgehead atoms. The van der Waals surface area contributed by atoms with Gasteiger partial charge >= 0.3 is 7.82 Å². The molecule has 0 amide bonds. The quantitative estimate of drug-likeness (QED) is 0.728. The molecule has 0 saturated carbocycles. The zero-order valence-corrected chi connectivity index (χ0v) is 13.7. The smallest absolute Gasteiger partial charge is 0.508 e. The second-order valence-electron chi connectivity index (χ2n) is 6.95. The van der Waals surface area contributed by atoms with Crippen LogP contribution in [0.25, 0.3) is 0 Å². The predicted molar refractivity (Wildman–Crippen MR) is 78.2 cm³/mol. The highest BCUT2D eigenvalue weighted by Crippen LogP contribution is 2.48. The first-order valence-electron chi connectivity index (χ1n) is 6.35. The van der Waals surface area contributed by atoms with E-state index >= 15 is 0 Å². The standard InChI is InChI=1S/C14H23O5P/c1-13(2,3)10-7-9(15)8-11(14(4,5)6)12(10)19-20(16,17)18/h7-8,15H,1-6H3,(H2,16,17,18). The Balaban J connectivity index is 3.68. The van der Waals surface area contributed by atoms with Crippen molar-refractivity contribution in [2.45, 2.75) is 52.4 Å². The summed E-state index contributed by atoms with van der Waals surface area (Å²) in [5, 5.41) is 9.89. The number of phenolic OH excluding ortho intramolecular Hbond substituents is 1. The van der Waals surface area contributed by atoms with Gasteiger partial charge in [0.1, 0.15) is 11.5 Å². The average molecular weight is 302 g/mol. The minimum atomic E-state index is -4.68. The van der Waals surface area contributed by atoms with E-state index in [1.165, 1.54) is 12.1 Å². The highest BCUT2D eigenvalue weighted by atomic mass is 31.2. The Kier molecular flexibility index (Phi) is 4.31. The molecular weight excluding hydrogens is 279 g/mol. The molecule has 0 aliphatic carbocycles. The first-order chi connectivity index (χ1) is 8.72. The maximum absolute atomic E-state index is 11.3. The van der Waals surface area contributed by atoms with E-state index < -0.39 is 18.7 Å².